The van der Waals surface area contributed by atoms with Crippen LogP contribution in [0.1, 0.15) is 11.1 Å². The molecule has 162 valence electrons. The normalized spacial score (nSPS) is 13.9. The molecule has 2 aromatic carbocycles. The minimum Gasteiger partial charge on any atom is -0.506 e. The van der Waals surface area contributed by atoms with Crippen LogP contribution in [0, 0.1) is 13.8 Å². The number of benzene rings is 2. The summed E-state index contributed by atoms with van der Waals surface area (Å²) in [6.07, 6.45) is 4.85. The van der Waals surface area contributed by atoms with Gasteiger partial charge in [0.2, 0.25) is 6.20 Å². The first-order valence-electron chi connectivity index (χ1n) is 9.31. The number of hydrogen-bond donors (Lipinski definition) is 5. The SMILES string of the molecule is Cc1cc(O)c(NC(=O)C[N+]2(CC(=O)Nc3cc(Cl)c(C)cc3O)C=C[NH+]=C2)cc1Cl. The van der Waals surface area contributed by atoms with E-state index >= 15 is 0 Å². The van der Waals surface area contributed by atoms with Crippen molar-refractivity contribution in [3.05, 3.63) is 57.8 Å². The molecule has 0 aromatic heterocycles. The lowest BCUT2D eigenvalue weighted by Gasteiger charge is -2.23. The van der Waals surface area contributed by atoms with Gasteiger partial charge in [0.25, 0.3) is 11.8 Å². The second kappa shape index (κ2) is 8.97. The number of rotatable bonds is 6. The summed E-state index contributed by atoms with van der Waals surface area (Å²) in [5, 5.41) is 26.2. The second-order valence-electron chi connectivity index (χ2n) is 7.36. The lowest BCUT2D eigenvalue weighted by Crippen LogP contribution is -2.64. The maximum Gasteiger partial charge on any atom is 0.336 e. The number of quaternary nitrogens is 1. The number of carbonyl (C=O) groups is 2. The van der Waals surface area contributed by atoms with E-state index in [1.807, 2.05) is 0 Å². The highest BCUT2D eigenvalue weighted by atomic mass is 35.5. The number of aryl methyl sites for hydroxylation is 2. The summed E-state index contributed by atoms with van der Waals surface area (Å²) in [6.45, 7) is 3.23. The maximum atomic E-state index is 12.6. The fraction of sp³-hybridized carbons (Fsp3) is 0.190. The van der Waals surface area contributed by atoms with E-state index in [1.54, 1.807) is 32.6 Å². The van der Waals surface area contributed by atoms with E-state index in [2.05, 4.69) is 15.6 Å². The molecule has 10 heteroatoms. The number of halogens is 2. The van der Waals surface area contributed by atoms with Gasteiger partial charge in [0.1, 0.15) is 11.5 Å². The Balaban J connectivity index is 1.71. The van der Waals surface area contributed by atoms with Crippen molar-refractivity contribution in [2.24, 2.45) is 0 Å². The molecule has 1 aliphatic heterocycles. The minimum absolute atomic E-state index is 0.106. The molecule has 0 radical (unpaired) electrons. The minimum atomic E-state index is -0.436. The highest BCUT2D eigenvalue weighted by Gasteiger charge is 2.36. The summed E-state index contributed by atoms with van der Waals surface area (Å²) < 4.78 is -0.127. The Morgan fingerprint density at radius 2 is 1.35 bits per heavy atom. The topological polar surface area (TPSA) is 113 Å². The first-order chi connectivity index (χ1) is 14.6. The van der Waals surface area contributed by atoms with Crippen molar-refractivity contribution in [2.45, 2.75) is 13.8 Å². The Hall–Kier alpha value is -3.07. The summed E-state index contributed by atoms with van der Waals surface area (Å²) in [4.78, 5) is 28.2. The molecule has 0 fully saturated rings. The van der Waals surface area contributed by atoms with Gasteiger partial charge in [-0.3, -0.25) is 9.59 Å². The van der Waals surface area contributed by atoms with Crippen LogP contribution in [0.3, 0.4) is 0 Å². The molecule has 1 heterocycles. The quantitative estimate of drug-likeness (QED) is 0.332. The number of nitrogens with one attached hydrogen (secondary N) is 3. The lowest BCUT2D eigenvalue weighted by atomic mass is 10.2. The van der Waals surface area contributed by atoms with Gasteiger partial charge in [0, 0.05) is 10.0 Å². The van der Waals surface area contributed by atoms with Gasteiger partial charge in [-0.25, -0.2) is 0 Å². The number of nitrogens with zero attached hydrogens (tertiary/aromatic N) is 1. The van der Waals surface area contributed by atoms with Crippen LogP contribution < -0.4 is 15.6 Å². The van der Waals surface area contributed by atoms with E-state index in [0.29, 0.717) is 21.2 Å². The Bertz CT molecular complexity index is 1030. The van der Waals surface area contributed by atoms with Gasteiger partial charge in [0.15, 0.2) is 19.3 Å². The van der Waals surface area contributed by atoms with Crippen molar-refractivity contribution < 1.29 is 29.3 Å². The number of amides is 2. The fourth-order valence-corrected chi connectivity index (χ4v) is 3.45. The zero-order chi connectivity index (χ0) is 22.8. The third-order valence-electron chi connectivity index (χ3n) is 4.78. The van der Waals surface area contributed by atoms with Crippen LogP contribution >= 0.6 is 23.2 Å². The van der Waals surface area contributed by atoms with Crippen molar-refractivity contribution in [3.8, 4) is 11.5 Å². The Kier molecular flexibility index (Phi) is 6.54. The predicted molar refractivity (Wildman–Crippen MR) is 119 cm³/mol. The molecule has 8 nitrogen and oxygen atoms in total. The number of phenolic OH excluding ortho intramolecular Hbond substituents is 2. The van der Waals surface area contributed by atoms with Gasteiger partial charge < -0.3 is 20.8 Å². The molecule has 5 N–H and O–H groups in total. The maximum absolute atomic E-state index is 12.6. The van der Waals surface area contributed by atoms with Crippen LogP contribution in [-0.2, 0) is 9.59 Å². The number of hydrogen-bond acceptors (Lipinski definition) is 4. The molecule has 3 rings (SSSR count). The summed E-state index contributed by atoms with van der Waals surface area (Å²) in [5.41, 5.74) is 1.71. The third kappa shape index (κ3) is 5.35. The van der Waals surface area contributed by atoms with Gasteiger partial charge in [0.05, 0.1) is 11.4 Å². The zero-order valence-corrected chi connectivity index (χ0v) is 18.4. The molecule has 0 atom stereocenters. The molecule has 0 saturated carbocycles. The molecule has 0 unspecified atom stereocenters. The van der Waals surface area contributed by atoms with E-state index < -0.39 is 11.8 Å². The molecule has 31 heavy (non-hydrogen) atoms. The molecule has 0 bridgehead atoms. The van der Waals surface area contributed by atoms with E-state index in [4.69, 9.17) is 23.2 Å². The first-order valence-corrected chi connectivity index (χ1v) is 10.1. The van der Waals surface area contributed by atoms with Gasteiger partial charge in [-0.15, -0.1) is 0 Å². The molecule has 2 aromatic rings. The number of anilines is 2. The first kappa shape index (κ1) is 22.6. The number of aromatic hydroxyl groups is 2. The van der Waals surface area contributed by atoms with E-state index in [9.17, 15) is 19.8 Å². The predicted octanol–water partition coefficient (Wildman–Crippen LogP) is 2.01. The van der Waals surface area contributed by atoms with Crippen LogP contribution in [0.5, 0.6) is 11.5 Å². The van der Waals surface area contributed by atoms with E-state index in [1.165, 1.54) is 24.3 Å². The number of phenols is 2. The molecule has 0 aliphatic carbocycles. The zero-order valence-electron chi connectivity index (χ0n) is 16.9. The smallest absolute Gasteiger partial charge is 0.336 e. The van der Waals surface area contributed by atoms with Gasteiger partial charge in [-0.2, -0.15) is 9.48 Å². The van der Waals surface area contributed by atoms with Crippen molar-refractivity contribution in [2.75, 3.05) is 23.7 Å². The Labute approximate surface area is 189 Å². The summed E-state index contributed by atoms with van der Waals surface area (Å²) in [7, 11) is 0. The monoisotopic (exact) mass is 464 g/mol. The largest absolute Gasteiger partial charge is 0.506 e. The van der Waals surface area contributed by atoms with Crippen molar-refractivity contribution in [3.63, 3.8) is 0 Å². The van der Waals surface area contributed by atoms with Crippen LogP contribution in [0.25, 0.3) is 0 Å². The van der Waals surface area contributed by atoms with Crippen LogP contribution in [0.2, 0.25) is 10.0 Å². The standard InChI is InChI=1S/C21H20Cl2N4O4/c1-12-5-18(28)16(7-14(12)22)25-20(30)9-27(4-3-24-11-27)10-21(31)26-17-8-15(23)13(2)6-19(17)29/h3-8,11H,9-10H2,1-2H3,(H3-,25,26,28,29,30,31)/p+2. The Morgan fingerprint density at radius 1 is 0.903 bits per heavy atom. The fourth-order valence-electron chi connectivity index (χ4n) is 3.13. The molecular weight excluding hydrogens is 443 g/mol. The molecule has 0 saturated heterocycles. The lowest BCUT2D eigenvalue weighted by molar-refractivity contribution is -0.770. The van der Waals surface area contributed by atoms with Gasteiger partial charge >= 0.3 is 6.34 Å². The third-order valence-corrected chi connectivity index (χ3v) is 5.59. The summed E-state index contributed by atoms with van der Waals surface area (Å²) in [6, 6.07) is 5.84. The van der Waals surface area contributed by atoms with Crippen LogP contribution in [0.15, 0.2) is 36.7 Å². The van der Waals surface area contributed by atoms with E-state index in [0.717, 1.165) is 0 Å². The van der Waals surface area contributed by atoms with Crippen molar-refractivity contribution in [1.29, 1.82) is 0 Å². The molecule has 0 spiro atoms. The Morgan fingerprint density at radius 3 is 1.74 bits per heavy atom. The molecule has 1 aliphatic rings. The van der Waals surface area contributed by atoms with E-state index in [-0.39, 0.29) is 40.4 Å². The molecule has 2 amide bonds. The van der Waals surface area contributed by atoms with Crippen LogP contribution in [-0.4, -0.2) is 45.9 Å². The second-order valence-corrected chi connectivity index (χ2v) is 8.18. The van der Waals surface area contributed by atoms with Crippen molar-refractivity contribution in [1.82, 2.24) is 0 Å². The average molecular weight is 465 g/mol. The summed E-state index contributed by atoms with van der Waals surface area (Å²) >= 11 is 12.1. The van der Waals surface area contributed by atoms with Crippen LogP contribution in [0.4, 0.5) is 11.4 Å². The van der Waals surface area contributed by atoms with Gasteiger partial charge in [-0.1, -0.05) is 23.2 Å². The summed E-state index contributed by atoms with van der Waals surface area (Å²) in [5.74, 6) is -1.08. The highest BCUT2D eigenvalue weighted by Crippen LogP contribution is 2.31. The highest BCUT2D eigenvalue weighted by molar-refractivity contribution is 6.32. The average Bonchev–Trinajstić information content (AvgIpc) is 3.11. The molecular formula is C21H22Cl2N4O4+2. The number of carbonyl (C=O) groups excluding carboxylic acids is 2. The van der Waals surface area contributed by atoms with Gasteiger partial charge in [-0.05, 0) is 49.2 Å². The van der Waals surface area contributed by atoms with Crippen molar-refractivity contribution >= 4 is 52.7 Å².